The second-order valence-electron chi connectivity index (χ2n) is 5.92. The fourth-order valence-electron chi connectivity index (χ4n) is 2.48. The first-order valence-corrected chi connectivity index (χ1v) is 9.31. The third-order valence-electron chi connectivity index (χ3n) is 3.96. The topological polar surface area (TPSA) is 37.8 Å². The van der Waals surface area contributed by atoms with E-state index in [1.54, 1.807) is 6.33 Å². The molecule has 0 amide bonds. The highest BCUT2D eigenvalue weighted by molar-refractivity contribution is 5.76. The SMILES string of the molecule is C.CC.Cc1ccc(/C=C/c2c(C)ncnc2NCC2=CC=C=CC=C2)cc1. The van der Waals surface area contributed by atoms with Crippen molar-refractivity contribution in [3.63, 3.8) is 0 Å². The first kappa shape index (κ1) is 22.9. The quantitative estimate of drug-likeness (QED) is 0.604. The van der Waals surface area contributed by atoms with Gasteiger partial charge in [-0.1, -0.05) is 69.3 Å². The van der Waals surface area contributed by atoms with E-state index in [0.29, 0.717) is 6.54 Å². The summed E-state index contributed by atoms with van der Waals surface area (Å²) in [7, 11) is 0. The lowest BCUT2D eigenvalue weighted by Crippen LogP contribution is -2.08. The molecule has 3 heteroatoms. The predicted octanol–water partition coefficient (Wildman–Crippen LogP) is 6.55. The van der Waals surface area contributed by atoms with Crippen LogP contribution in [0.25, 0.3) is 12.2 Å². The highest BCUT2D eigenvalue weighted by Crippen LogP contribution is 2.19. The van der Waals surface area contributed by atoms with Crippen LogP contribution in [0.2, 0.25) is 0 Å². The van der Waals surface area contributed by atoms with Gasteiger partial charge in [-0.2, -0.15) is 0 Å². The first-order chi connectivity index (χ1) is 13.2. The minimum atomic E-state index is 0. The average molecular weight is 374 g/mol. The summed E-state index contributed by atoms with van der Waals surface area (Å²) in [6, 6.07) is 8.44. The molecule has 0 fully saturated rings. The maximum atomic E-state index is 4.42. The molecule has 3 nitrogen and oxygen atoms in total. The van der Waals surface area contributed by atoms with E-state index in [1.807, 2.05) is 45.1 Å². The second kappa shape index (κ2) is 12.3. The van der Waals surface area contributed by atoms with Crippen molar-refractivity contribution in [2.45, 2.75) is 35.1 Å². The minimum Gasteiger partial charge on any atom is -0.365 e. The number of nitrogens with one attached hydrogen (secondary N) is 1. The van der Waals surface area contributed by atoms with Crippen molar-refractivity contribution in [1.29, 1.82) is 0 Å². The van der Waals surface area contributed by atoms with Gasteiger partial charge in [0.05, 0.1) is 5.69 Å². The zero-order valence-corrected chi connectivity index (χ0v) is 16.5. The first-order valence-electron chi connectivity index (χ1n) is 9.31. The zero-order chi connectivity index (χ0) is 19.5. The summed E-state index contributed by atoms with van der Waals surface area (Å²) in [5.41, 5.74) is 8.61. The molecule has 0 saturated heterocycles. The van der Waals surface area contributed by atoms with Crippen molar-refractivity contribution in [2.24, 2.45) is 0 Å². The minimum absolute atomic E-state index is 0. The predicted molar refractivity (Wildman–Crippen MR) is 123 cm³/mol. The molecule has 0 spiro atoms. The smallest absolute Gasteiger partial charge is 0.137 e. The molecule has 0 unspecified atom stereocenters. The third-order valence-corrected chi connectivity index (χ3v) is 3.96. The van der Waals surface area contributed by atoms with Gasteiger partial charge in [0.15, 0.2) is 0 Å². The molecule has 1 heterocycles. The molecule has 1 N–H and O–H groups in total. The van der Waals surface area contributed by atoms with E-state index in [0.717, 1.165) is 22.6 Å². The number of anilines is 1. The van der Waals surface area contributed by atoms with Crippen molar-refractivity contribution in [2.75, 3.05) is 11.9 Å². The molecule has 1 aromatic carbocycles. The number of nitrogens with zero attached hydrogens (tertiary/aromatic N) is 2. The Morgan fingerprint density at radius 2 is 1.75 bits per heavy atom. The van der Waals surface area contributed by atoms with Crippen molar-refractivity contribution in [1.82, 2.24) is 9.97 Å². The summed E-state index contributed by atoms with van der Waals surface area (Å²) in [5, 5.41) is 3.41. The van der Waals surface area contributed by atoms with E-state index in [-0.39, 0.29) is 7.43 Å². The fraction of sp³-hybridized carbons (Fsp3) is 0.240. The lowest BCUT2D eigenvalue weighted by atomic mass is 10.1. The molecule has 2 aromatic rings. The van der Waals surface area contributed by atoms with Crippen LogP contribution in [0.15, 0.2) is 72.3 Å². The normalized spacial score (nSPS) is 11.9. The Balaban J connectivity index is 0.00000127. The monoisotopic (exact) mass is 373 g/mol. The molecule has 0 aliphatic heterocycles. The molecule has 146 valence electrons. The van der Waals surface area contributed by atoms with Crippen LogP contribution < -0.4 is 5.32 Å². The molecule has 1 aliphatic carbocycles. The van der Waals surface area contributed by atoms with Crippen molar-refractivity contribution in [3.05, 3.63) is 94.7 Å². The Morgan fingerprint density at radius 3 is 2.50 bits per heavy atom. The van der Waals surface area contributed by atoms with E-state index in [1.165, 1.54) is 11.1 Å². The van der Waals surface area contributed by atoms with Gasteiger partial charge in [-0.05, 0) is 49.3 Å². The summed E-state index contributed by atoms with van der Waals surface area (Å²) in [4.78, 5) is 8.74. The third kappa shape index (κ3) is 6.86. The largest absolute Gasteiger partial charge is 0.365 e. The maximum absolute atomic E-state index is 4.42. The van der Waals surface area contributed by atoms with E-state index in [4.69, 9.17) is 0 Å². The van der Waals surface area contributed by atoms with Crippen LogP contribution in [-0.2, 0) is 0 Å². The van der Waals surface area contributed by atoms with E-state index in [9.17, 15) is 0 Å². The van der Waals surface area contributed by atoms with Crippen LogP contribution in [0, 0.1) is 13.8 Å². The summed E-state index contributed by atoms with van der Waals surface area (Å²) in [5.74, 6) is 0.839. The van der Waals surface area contributed by atoms with Gasteiger partial charge in [-0.3, -0.25) is 0 Å². The molecule has 1 aliphatic rings. The number of benzene rings is 1. The average Bonchev–Trinajstić information content (AvgIpc) is 2.97. The highest BCUT2D eigenvalue weighted by atomic mass is 15.0. The Morgan fingerprint density at radius 1 is 1.00 bits per heavy atom. The number of rotatable bonds is 5. The van der Waals surface area contributed by atoms with Gasteiger partial charge < -0.3 is 5.32 Å². The van der Waals surface area contributed by atoms with Gasteiger partial charge in [0.25, 0.3) is 0 Å². The van der Waals surface area contributed by atoms with E-state index >= 15 is 0 Å². The number of hydrogen-bond acceptors (Lipinski definition) is 3. The van der Waals surface area contributed by atoms with E-state index in [2.05, 4.69) is 70.4 Å². The lowest BCUT2D eigenvalue weighted by molar-refractivity contribution is 1.07. The Bertz CT molecular complexity index is 894. The van der Waals surface area contributed by atoms with E-state index < -0.39 is 0 Å². The van der Waals surface area contributed by atoms with Crippen LogP contribution in [0.4, 0.5) is 5.82 Å². The van der Waals surface area contributed by atoms with Crippen LogP contribution in [0.1, 0.15) is 43.7 Å². The maximum Gasteiger partial charge on any atom is 0.137 e. The number of hydrogen-bond donors (Lipinski definition) is 1. The van der Waals surface area contributed by atoms with Gasteiger partial charge in [0.2, 0.25) is 0 Å². The number of aryl methyl sites for hydroxylation is 2. The number of allylic oxidation sites excluding steroid dienone is 3. The molecule has 28 heavy (non-hydrogen) atoms. The van der Waals surface area contributed by atoms with Crippen molar-refractivity contribution < 1.29 is 0 Å². The van der Waals surface area contributed by atoms with Crippen LogP contribution in [0.3, 0.4) is 0 Å². The summed E-state index contributed by atoms with van der Waals surface area (Å²) >= 11 is 0. The standard InChI is InChI=1S/C22H21N3.C2H6.CH4/c1-17-9-11-19(12-10-17)13-14-21-18(2)24-16-25-22(21)23-15-20-7-5-3-4-6-8-20;1-2;/h3,5-14,16H,15H2,1-2H3,(H,23,24,25);1-2H3;1H4/b14-13+;;. The lowest BCUT2D eigenvalue weighted by Gasteiger charge is -2.10. The van der Waals surface area contributed by atoms with Crippen LogP contribution in [0.5, 0.6) is 0 Å². The van der Waals surface area contributed by atoms with Gasteiger partial charge in [-0.15, -0.1) is 5.73 Å². The summed E-state index contributed by atoms with van der Waals surface area (Å²) in [6.07, 6.45) is 15.7. The zero-order valence-electron chi connectivity index (χ0n) is 16.5. The molecule has 3 rings (SSSR count). The molecule has 0 bridgehead atoms. The van der Waals surface area contributed by atoms with Gasteiger partial charge in [-0.25, -0.2) is 9.97 Å². The molecule has 1 aromatic heterocycles. The molecular formula is C25H31N3. The molecule has 0 saturated carbocycles. The van der Waals surface area contributed by atoms with Crippen molar-refractivity contribution in [3.8, 4) is 0 Å². The summed E-state index contributed by atoms with van der Waals surface area (Å²) in [6.45, 7) is 8.79. The summed E-state index contributed by atoms with van der Waals surface area (Å²) < 4.78 is 0. The van der Waals surface area contributed by atoms with Gasteiger partial charge in [0.1, 0.15) is 12.1 Å². The van der Waals surface area contributed by atoms with Crippen LogP contribution in [-0.4, -0.2) is 16.5 Å². The molecular weight excluding hydrogens is 342 g/mol. The highest BCUT2D eigenvalue weighted by Gasteiger charge is 2.05. The fourth-order valence-corrected chi connectivity index (χ4v) is 2.48. The number of aromatic nitrogens is 2. The Kier molecular flexibility index (Phi) is 10.0. The Labute approximate surface area is 170 Å². The van der Waals surface area contributed by atoms with Crippen molar-refractivity contribution >= 4 is 18.0 Å². The van der Waals surface area contributed by atoms with Gasteiger partial charge in [0, 0.05) is 12.1 Å². The molecule has 0 atom stereocenters. The van der Waals surface area contributed by atoms with Gasteiger partial charge >= 0.3 is 0 Å². The Hall–Kier alpha value is -3.16. The molecule has 0 radical (unpaired) electrons. The van der Waals surface area contributed by atoms with Crippen LogP contribution >= 0.6 is 0 Å². The second-order valence-corrected chi connectivity index (χ2v) is 5.92.